The van der Waals surface area contributed by atoms with Crippen LogP contribution in [0.4, 0.5) is 0 Å². The van der Waals surface area contributed by atoms with E-state index in [-0.39, 0.29) is 0 Å². The minimum Gasteiger partial charge on any atom is -0.354 e. The van der Waals surface area contributed by atoms with Gasteiger partial charge >= 0.3 is 0 Å². The van der Waals surface area contributed by atoms with Gasteiger partial charge in [0.05, 0.1) is 6.54 Å². The summed E-state index contributed by atoms with van der Waals surface area (Å²) >= 11 is 0. The summed E-state index contributed by atoms with van der Waals surface area (Å²) in [4.78, 5) is 6.88. The first kappa shape index (κ1) is 7.90. The van der Waals surface area contributed by atoms with E-state index in [0.717, 1.165) is 25.1 Å². The predicted molar refractivity (Wildman–Crippen MR) is 50.3 cm³/mol. The van der Waals surface area contributed by atoms with E-state index in [1.54, 1.807) is 0 Å². The molecule has 0 aromatic rings. The Labute approximate surface area is 73.9 Å². The van der Waals surface area contributed by atoms with Crippen molar-refractivity contribution in [3.8, 4) is 0 Å². The third-order valence-corrected chi connectivity index (χ3v) is 2.78. The second-order valence-electron chi connectivity index (χ2n) is 3.53. The number of guanidine groups is 1. The fourth-order valence-electron chi connectivity index (χ4n) is 2.12. The molecule has 0 spiro atoms. The van der Waals surface area contributed by atoms with Gasteiger partial charge in [-0.3, -0.25) is 4.99 Å². The van der Waals surface area contributed by atoms with Crippen molar-refractivity contribution in [2.75, 3.05) is 19.6 Å². The van der Waals surface area contributed by atoms with Gasteiger partial charge in [0.2, 0.25) is 0 Å². The number of hydrogen-bond acceptors (Lipinski definition) is 3. The SMILES string of the molecule is CCC1CCCN1C1=NCCN1. The first-order valence-corrected chi connectivity index (χ1v) is 4.97. The standard InChI is InChI=1S/C9H17N3/c1-2-8-4-3-7-12(8)9-10-5-6-11-9/h8H,2-7H2,1H3,(H,10,11). The molecule has 0 aromatic carbocycles. The maximum Gasteiger partial charge on any atom is 0.194 e. The van der Waals surface area contributed by atoms with Crippen LogP contribution in [0.3, 0.4) is 0 Å². The van der Waals surface area contributed by atoms with Crippen LogP contribution in [0.15, 0.2) is 4.99 Å². The van der Waals surface area contributed by atoms with Gasteiger partial charge in [-0.25, -0.2) is 0 Å². The summed E-state index contributed by atoms with van der Waals surface area (Å²) in [6.07, 6.45) is 3.93. The number of hydrogen-bond donors (Lipinski definition) is 1. The quantitative estimate of drug-likeness (QED) is 0.626. The van der Waals surface area contributed by atoms with Crippen LogP contribution in [0.2, 0.25) is 0 Å². The van der Waals surface area contributed by atoms with E-state index in [1.165, 1.54) is 25.8 Å². The van der Waals surface area contributed by atoms with E-state index in [9.17, 15) is 0 Å². The number of aliphatic imine (C=N–C) groups is 1. The highest BCUT2D eigenvalue weighted by atomic mass is 15.3. The molecule has 3 nitrogen and oxygen atoms in total. The Balaban J connectivity index is 2.01. The van der Waals surface area contributed by atoms with Gasteiger partial charge in [-0.2, -0.15) is 0 Å². The molecule has 1 fully saturated rings. The van der Waals surface area contributed by atoms with Gasteiger partial charge < -0.3 is 10.2 Å². The normalized spacial score (nSPS) is 28.9. The van der Waals surface area contributed by atoms with Gasteiger partial charge in [-0.1, -0.05) is 6.92 Å². The van der Waals surface area contributed by atoms with Crippen molar-refractivity contribution in [3.05, 3.63) is 0 Å². The summed E-state index contributed by atoms with van der Waals surface area (Å²) in [5, 5.41) is 3.34. The van der Waals surface area contributed by atoms with Crippen molar-refractivity contribution in [1.29, 1.82) is 0 Å². The van der Waals surface area contributed by atoms with Crippen LogP contribution in [0, 0.1) is 0 Å². The molecule has 12 heavy (non-hydrogen) atoms. The Kier molecular flexibility index (Phi) is 2.19. The Morgan fingerprint density at radius 1 is 1.67 bits per heavy atom. The average molecular weight is 167 g/mol. The van der Waals surface area contributed by atoms with Crippen LogP contribution < -0.4 is 5.32 Å². The average Bonchev–Trinajstić information content (AvgIpc) is 2.74. The smallest absolute Gasteiger partial charge is 0.194 e. The molecule has 0 aliphatic carbocycles. The van der Waals surface area contributed by atoms with Gasteiger partial charge in [-0.05, 0) is 19.3 Å². The Hall–Kier alpha value is -0.730. The third kappa shape index (κ3) is 1.28. The Morgan fingerprint density at radius 2 is 2.58 bits per heavy atom. The summed E-state index contributed by atoms with van der Waals surface area (Å²) in [5.74, 6) is 1.15. The molecular weight excluding hydrogens is 150 g/mol. The molecule has 0 aromatic heterocycles. The zero-order valence-corrected chi connectivity index (χ0v) is 7.71. The molecule has 0 amide bonds. The lowest BCUT2D eigenvalue weighted by Crippen LogP contribution is -2.41. The first-order chi connectivity index (χ1) is 5.92. The van der Waals surface area contributed by atoms with Crippen LogP contribution in [0.1, 0.15) is 26.2 Å². The molecule has 0 radical (unpaired) electrons. The molecule has 1 N–H and O–H groups in total. The van der Waals surface area contributed by atoms with Crippen LogP contribution in [-0.2, 0) is 0 Å². The van der Waals surface area contributed by atoms with E-state index in [1.807, 2.05) is 0 Å². The van der Waals surface area contributed by atoms with Gasteiger partial charge in [0.1, 0.15) is 0 Å². The first-order valence-electron chi connectivity index (χ1n) is 4.97. The molecule has 2 aliphatic rings. The Morgan fingerprint density at radius 3 is 3.25 bits per heavy atom. The lowest BCUT2D eigenvalue weighted by Gasteiger charge is -2.25. The second-order valence-corrected chi connectivity index (χ2v) is 3.53. The van der Waals surface area contributed by atoms with Crippen LogP contribution in [0.25, 0.3) is 0 Å². The largest absolute Gasteiger partial charge is 0.354 e. The zero-order valence-electron chi connectivity index (χ0n) is 7.71. The Bertz CT molecular complexity index is 188. The van der Waals surface area contributed by atoms with Crippen molar-refractivity contribution >= 4 is 5.96 Å². The minimum absolute atomic E-state index is 0.745. The highest BCUT2D eigenvalue weighted by Gasteiger charge is 2.26. The lowest BCUT2D eigenvalue weighted by atomic mass is 10.2. The van der Waals surface area contributed by atoms with Gasteiger partial charge in [-0.15, -0.1) is 0 Å². The zero-order chi connectivity index (χ0) is 8.39. The van der Waals surface area contributed by atoms with Crippen LogP contribution in [-0.4, -0.2) is 36.5 Å². The van der Waals surface area contributed by atoms with Gasteiger partial charge in [0, 0.05) is 19.1 Å². The third-order valence-electron chi connectivity index (χ3n) is 2.78. The number of rotatable bonds is 1. The fourth-order valence-corrected chi connectivity index (χ4v) is 2.12. The van der Waals surface area contributed by atoms with Crippen molar-refractivity contribution in [1.82, 2.24) is 10.2 Å². The molecule has 2 rings (SSSR count). The maximum absolute atomic E-state index is 4.45. The van der Waals surface area contributed by atoms with Gasteiger partial charge in [0.15, 0.2) is 5.96 Å². The van der Waals surface area contributed by atoms with Crippen LogP contribution in [0.5, 0.6) is 0 Å². The minimum atomic E-state index is 0.745. The van der Waals surface area contributed by atoms with E-state index in [2.05, 4.69) is 22.1 Å². The molecule has 0 bridgehead atoms. The maximum atomic E-state index is 4.45. The highest BCUT2D eigenvalue weighted by Crippen LogP contribution is 2.20. The second kappa shape index (κ2) is 3.33. The molecule has 2 heterocycles. The summed E-state index contributed by atoms with van der Waals surface area (Å²) in [6, 6.07) is 0.745. The predicted octanol–water partition coefficient (Wildman–Crippen LogP) is 0.820. The van der Waals surface area contributed by atoms with Crippen LogP contribution >= 0.6 is 0 Å². The molecule has 2 aliphatic heterocycles. The molecule has 1 unspecified atom stereocenters. The lowest BCUT2D eigenvalue weighted by molar-refractivity contribution is 0.371. The monoisotopic (exact) mass is 167 g/mol. The number of nitrogens with zero attached hydrogens (tertiary/aromatic N) is 2. The van der Waals surface area contributed by atoms with Crippen molar-refractivity contribution in [2.45, 2.75) is 32.2 Å². The molecule has 68 valence electrons. The molecule has 1 saturated heterocycles. The van der Waals surface area contributed by atoms with E-state index >= 15 is 0 Å². The summed E-state index contributed by atoms with van der Waals surface area (Å²) in [7, 11) is 0. The van der Waals surface area contributed by atoms with E-state index in [0.29, 0.717) is 0 Å². The van der Waals surface area contributed by atoms with Crippen molar-refractivity contribution in [3.63, 3.8) is 0 Å². The molecule has 3 heteroatoms. The molecule has 0 saturated carbocycles. The fraction of sp³-hybridized carbons (Fsp3) is 0.889. The summed E-state index contributed by atoms with van der Waals surface area (Å²) in [5.41, 5.74) is 0. The summed E-state index contributed by atoms with van der Waals surface area (Å²) in [6.45, 7) is 5.45. The van der Waals surface area contributed by atoms with Gasteiger partial charge in [0.25, 0.3) is 0 Å². The van der Waals surface area contributed by atoms with Crippen molar-refractivity contribution in [2.24, 2.45) is 4.99 Å². The summed E-state index contributed by atoms with van der Waals surface area (Å²) < 4.78 is 0. The van der Waals surface area contributed by atoms with E-state index < -0.39 is 0 Å². The number of likely N-dealkylation sites (tertiary alicyclic amines) is 1. The molecular formula is C9H17N3. The topological polar surface area (TPSA) is 27.6 Å². The molecule has 1 atom stereocenters. The van der Waals surface area contributed by atoms with E-state index in [4.69, 9.17) is 0 Å². The number of nitrogens with one attached hydrogen (secondary N) is 1. The highest BCUT2D eigenvalue weighted by molar-refractivity contribution is 5.81. The van der Waals surface area contributed by atoms with Crippen molar-refractivity contribution < 1.29 is 0 Å².